The summed E-state index contributed by atoms with van der Waals surface area (Å²) in [6.07, 6.45) is 7.04. The molecule has 26 heavy (non-hydrogen) atoms. The van der Waals surface area contributed by atoms with Crippen molar-refractivity contribution in [1.29, 1.82) is 0 Å². The smallest absolute Gasteiger partial charge is 0.270 e. The lowest BCUT2D eigenvalue weighted by atomic mass is 10.1. The van der Waals surface area contributed by atoms with Crippen LogP contribution in [0.15, 0.2) is 36.4 Å². The second-order valence-corrected chi connectivity index (χ2v) is 7.12. The third kappa shape index (κ3) is 5.04. The molecule has 5 nitrogen and oxygen atoms in total. The van der Waals surface area contributed by atoms with E-state index >= 15 is 0 Å². The number of carbonyl (C=O) groups excluding carboxylic acids is 1. The van der Waals surface area contributed by atoms with E-state index in [1.165, 1.54) is 31.2 Å². The molecule has 1 saturated carbocycles. The Hall–Kier alpha value is -2.43. The fourth-order valence-electron chi connectivity index (χ4n) is 3.49. The van der Waals surface area contributed by atoms with E-state index in [9.17, 15) is 4.79 Å². The van der Waals surface area contributed by atoms with Gasteiger partial charge in [0, 0.05) is 18.2 Å². The molecule has 0 saturated heterocycles. The molecule has 138 valence electrons. The molecule has 1 amide bonds. The minimum absolute atomic E-state index is 0.0992. The van der Waals surface area contributed by atoms with Gasteiger partial charge in [-0.2, -0.15) is 0 Å². The van der Waals surface area contributed by atoms with Gasteiger partial charge >= 0.3 is 0 Å². The van der Waals surface area contributed by atoms with Gasteiger partial charge in [-0.25, -0.2) is 9.97 Å². The van der Waals surface area contributed by atoms with Crippen LogP contribution >= 0.6 is 0 Å². The van der Waals surface area contributed by atoms with Crippen molar-refractivity contribution in [2.45, 2.75) is 64.5 Å². The lowest BCUT2D eigenvalue weighted by Gasteiger charge is -2.18. The van der Waals surface area contributed by atoms with E-state index in [1.807, 2.05) is 25.1 Å². The van der Waals surface area contributed by atoms with Gasteiger partial charge in [0.25, 0.3) is 5.91 Å². The Kier molecular flexibility index (Phi) is 6.21. The third-order valence-electron chi connectivity index (χ3n) is 4.92. The lowest BCUT2D eigenvalue weighted by Crippen LogP contribution is -2.35. The van der Waals surface area contributed by atoms with Crippen molar-refractivity contribution in [2.24, 2.45) is 0 Å². The highest BCUT2D eigenvalue weighted by Crippen LogP contribution is 2.20. The molecule has 3 rings (SSSR count). The van der Waals surface area contributed by atoms with Gasteiger partial charge in [-0.05, 0) is 32.3 Å². The Labute approximate surface area is 155 Å². The quantitative estimate of drug-likeness (QED) is 0.782. The molecule has 2 aromatic rings. The first-order valence-electron chi connectivity index (χ1n) is 9.60. The number of hydrogen-bond acceptors (Lipinski definition) is 4. The number of aryl methyl sites for hydroxylation is 1. The molecule has 0 spiro atoms. The first-order chi connectivity index (χ1) is 12.6. The van der Waals surface area contributed by atoms with Crippen LogP contribution in [0.1, 0.15) is 73.4 Å². The first kappa shape index (κ1) is 18.4. The first-order valence-corrected chi connectivity index (χ1v) is 9.60. The normalized spacial score (nSPS) is 16.5. The van der Waals surface area contributed by atoms with Gasteiger partial charge in [0.2, 0.25) is 0 Å². The van der Waals surface area contributed by atoms with Crippen LogP contribution < -0.4 is 10.6 Å². The minimum Gasteiger partial charge on any atom is -0.363 e. The second-order valence-electron chi connectivity index (χ2n) is 7.12. The SMILES string of the molecule is Cc1nc(NC(C)c2ccccc2)cc(C(=O)NC2CCCCCC2)n1. The van der Waals surface area contributed by atoms with Crippen molar-refractivity contribution >= 4 is 11.7 Å². The van der Waals surface area contributed by atoms with E-state index in [1.54, 1.807) is 6.07 Å². The molecular weight excluding hydrogens is 324 g/mol. The number of hydrogen-bond donors (Lipinski definition) is 2. The van der Waals surface area contributed by atoms with E-state index in [0.29, 0.717) is 17.3 Å². The minimum atomic E-state index is -0.0992. The average molecular weight is 352 g/mol. The Morgan fingerprint density at radius 2 is 1.77 bits per heavy atom. The highest BCUT2D eigenvalue weighted by atomic mass is 16.1. The van der Waals surface area contributed by atoms with Crippen LogP contribution in [0.25, 0.3) is 0 Å². The molecule has 0 aliphatic heterocycles. The van der Waals surface area contributed by atoms with Crippen LogP contribution in [0.4, 0.5) is 5.82 Å². The maximum Gasteiger partial charge on any atom is 0.270 e. The van der Waals surface area contributed by atoms with E-state index in [-0.39, 0.29) is 18.0 Å². The standard InChI is InChI=1S/C21H28N4O/c1-15(17-10-6-5-7-11-17)22-20-14-19(23-16(2)24-20)21(26)25-18-12-8-3-4-9-13-18/h5-7,10-11,14-15,18H,3-4,8-9,12-13H2,1-2H3,(H,25,26)(H,22,23,24). The van der Waals surface area contributed by atoms with E-state index in [0.717, 1.165) is 12.8 Å². The van der Waals surface area contributed by atoms with Gasteiger partial charge in [0.05, 0.1) is 0 Å². The number of rotatable bonds is 5. The maximum absolute atomic E-state index is 12.7. The van der Waals surface area contributed by atoms with Crippen LogP contribution in [0.2, 0.25) is 0 Å². The van der Waals surface area contributed by atoms with Crippen LogP contribution in [0.5, 0.6) is 0 Å². The van der Waals surface area contributed by atoms with Crippen molar-refractivity contribution in [2.75, 3.05) is 5.32 Å². The van der Waals surface area contributed by atoms with Gasteiger partial charge in [-0.15, -0.1) is 0 Å². The molecular formula is C21H28N4O. The van der Waals surface area contributed by atoms with Crippen molar-refractivity contribution in [3.05, 3.63) is 53.5 Å². The number of aromatic nitrogens is 2. The van der Waals surface area contributed by atoms with Gasteiger partial charge < -0.3 is 10.6 Å². The van der Waals surface area contributed by atoms with Gasteiger partial charge in [0.1, 0.15) is 17.3 Å². The van der Waals surface area contributed by atoms with Crippen LogP contribution in [0.3, 0.4) is 0 Å². The van der Waals surface area contributed by atoms with Crippen LogP contribution in [-0.4, -0.2) is 21.9 Å². The molecule has 2 N–H and O–H groups in total. The summed E-state index contributed by atoms with van der Waals surface area (Å²) in [7, 11) is 0. The summed E-state index contributed by atoms with van der Waals surface area (Å²) in [4.78, 5) is 21.4. The van der Waals surface area contributed by atoms with E-state index in [2.05, 4.69) is 39.7 Å². The Bertz CT molecular complexity index is 724. The Balaban J connectivity index is 1.69. The number of nitrogens with one attached hydrogen (secondary N) is 2. The Morgan fingerprint density at radius 1 is 1.08 bits per heavy atom. The molecule has 1 heterocycles. The number of benzene rings is 1. The van der Waals surface area contributed by atoms with Crippen molar-refractivity contribution in [1.82, 2.24) is 15.3 Å². The summed E-state index contributed by atoms with van der Waals surface area (Å²) in [5, 5.41) is 6.53. The van der Waals surface area contributed by atoms with Crippen molar-refractivity contribution in [3.8, 4) is 0 Å². The second kappa shape index (κ2) is 8.79. The van der Waals surface area contributed by atoms with E-state index in [4.69, 9.17) is 0 Å². The monoisotopic (exact) mass is 352 g/mol. The highest BCUT2D eigenvalue weighted by molar-refractivity contribution is 5.93. The van der Waals surface area contributed by atoms with Crippen molar-refractivity contribution < 1.29 is 4.79 Å². The molecule has 1 fully saturated rings. The molecule has 1 unspecified atom stereocenters. The molecule has 0 bridgehead atoms. The predicted octanol–water partition coefficient (Wildman–Crippen LogP) is 4.41. The molecule has 1 aliphatic rings. The summed E-state index contributed by atoms with van der Waals surface area (Å²) >= 11 is 0. The Morgan fingerprint density at radius 3 is 2.46 bits per heavy atom. The number of anilines is 1. The summed E-state index contributed by atoms with van der Waals surface area (Å²) in [5.74, 6) is 1.18. The topological polar surface area (TPSA) is 66.9 Å². The van der Waals surface area contributed by atoms with Crippen LogP contribution in [0, 0.1) is 6.92 Å². The third-order valence-corrected chi connectivity index (χ3v) is 4.92. The molecule has 1 atom stereocenters. The molecule has 0 radical (unpaired) electrons. The van der Waals surface area contributed by atoms with Crippen LogP contribution in [-0.2, 0) is 0 Å². The average Bonchev–Trinajstić information content (AvgIpc) is 2.90. The number of carbonyl (C=O) groups is 1. The van der Waals surface area contributed by atoms with Gasteiger partial charge in [0.15, 0.2) is 0 Å². The zero-order chi connectivity index (χ0) is 18.4. The molecule has 1 aliphatic carbocycles. The molecule has 1 aromatic carbocycles. The molecule has 1 aromatic heterocycles. The maximum atomic E-state index is 12.7. The van der Waals surface area contributed by atoms with Gasteiger partial charge in [-0.3, -0.25) is 4.79 Å². The zero-order valence-electron chi connectivity index (χ0n) is 15.7. The highest BCUT2D eigenvalue weighted by Gasteiger charge is 2.18. The largest absolute Gasteiger partial charge is 0.363 e. The molecule has 5 heteroatoms. The summed E-state index contributed by atoms with van der Waals surface area (Å²) in [6, 6.07) is 12.3. The summed E-state index contributed by atoms with van der Waals surface area (Å²) < 4.78 is 0. The summed E-state index contributed by atoms with van der Waals surface area (Å²) in [5.41, 5.74) is 1.61. The number of nitrogens with zero attached hydrogens (tertiary/aromatic N) is 2. The fourth-order valence-corrected chi connectivity index (χ4v) is 3.49. The van der Waals surface area contributed by atoms with Crippen molar-refractivity contribution in [3.63, 3.8) is 0 Å². The number of amides is 1. The zero-order valence-corrected chi connectivity index (χ0v) is 15.7. The van der Waals surface area contributed by atoms with Gasteiger partial charge in [-0.1, -0.05) is 56.0 Å². The summed E-state index contributed by atoms with van der Waals surface area (Å²) in [6.45, 7) is 3.90. The predicted molar refractivity (Wildman–Crippen MR) is 104 cm³/mol. The fraction of sp³-hybridized carbons (Fsp3) is 0.476. The van der Waals surface area contributed by atoms with E-state index < -0.39 is 0 Å². The lowest BCUT2D eigenvalue weighted by molar-refractivity contribution is 0.0928.